The van der Waals surface area contributed by atoms with Crippen molar-refractivity contribution >= 4 is 29.3 Å². The summed E-state index contributed by atoms with van der Waals surface area (Å²) in [5, 5.41) is 3.45. The van der Waals surface area contributed by atoms with Gasteiger partial charge < -0.3 is 5.32 Å². The van der Waals surface area contributed by atoms with Crippen molar-refractivity contribution < 1.29 is 4.79 Å². The Labute approximate surface area is 134 Å². The van der Waals surface area contributed by atoms with Gasteiger partial charge in [0.1, 0.15) is 0 Å². The molecule has 0 aliphatic carbocycles. The maximum absolute atomic E-state index is 12.1. The molecule has 0 radical (unpaired) electrons. The fourth-order valence-electron chi connectivity index (χ4n) is 1.82. The van der Waals surface area contributed by atoms with E-state index in [1.54, 1.807) is 0 Å². The van der Waals surface area contributed by atoms with Crippen LogP contribution in [0.4, 0.5) is 0 Å². The zero-order valence-electron chi connectivity index (χ0n) is 12.1. The highest BCUT2D eigenvalue weighted by Crippen LogP contribution is 2.29. The number of halogens is 1. The van der Waals surface area contributed by atoms with Gasteiger partial charge in [-0.3, -0.25) is 4.79 Å². The average molecular weight is 320 g/mol. The molecular weight excluding hydrogens is 302 g/mol. The SMILES string of the molecule is Cc1ccc(CNC(=O)[C@@H](C)Sc2ccccc2Cl)cc1. The van der Waals surface area contributed by atoms with Crippen molar-refractivity contribution in [2.75, 3.05) is 0 Å². The molecule has 1 atom stereocenters. The molecule has 4 heteroatoms. The molecule has 1 N–H and O–H groups in total. The van der Waals surface area contributed by atoms with Gasteiger partial charge in [0.15, 0.2) is 0 Å². The number of benzene rings is 2. The van der Waals surface area contributed by atoms with E-state index >= 15 is 0 Å². The Balaban J connectivity index is 1.88. The summed E-state index contributed by atoms with van der Waals surface area (Å²) in [6.45, 7) is 4.48. The molecule has 1 amide bonds. The second kappa shape index (κ2) is 7.53. The normalized spacial score (nSPS) is 12.0. The molecule has 110 valence electrons. The summed E-state index contributed by atoms with van der Waals surface area (Å²) in [4.78, 5) is 13.1. The van der Waals surface area contributed by atoms with E-state index < -0.39 is 0 Å². The van der Waals surface area contributed by atoms with Gasteiger partial charge in [0.2, 0.25) is 5.91 Å². The van der Waals surface area contributed by atoms with Crippen LogP contribution in [0.1, 0.15) is 18.1 Å². The number of hydrogen-bond acceptors (Lipinski definition) is 2. The number of amides is 1. The van der Waals surface area contributed by atoms with Crippen LogP contribution >= 0.6 is 23.4 Å². The Hall–Kier alpha value is -1.45. The molecule has 0 aromatic heterocycles. The minimum atomic E-state index is -0.185. The van der Waals surface area contributed by atoms with Gasteiger partial charge in [0.25, 0.3) is 0 Å². The smallest absolute Gasteiger partial charge is 0.233 e. The minimum Gasteiger partial charge on any atom is -0.351 e. The Bertz CT molecular complexity index is 612. The maximum atomic E-state index is 12.1. The predicted octanol–water partition coefficient (Wildman–Crippen LogP) is 4.45. The van der Waals surface area contributed by atoms with Gasteiger partial charge in [-0.1, -0.05) is 53.6 Å². The van der Waals surface area contributed by atoms with E-state index in [-0.39, 0.29) is 11.2 Å². The van der Waals surface area contributed by atoms with Gasteiger partial charge in [-0.15, -0.1) is 11.8 Å². The first-order valence-electron chi connectivity index (χ1n) is 6.80. The highest BCUT2D eigenvalue weighted by atomic mass is 35.5. The van der Waals surface area contributed by atoms with Crippen molar-refractivity contribution in [1.29, 1.82) is 0 Å². The van der Waals surface area contributed by atoms with Gasteiger partial charge in [0, 0.05) is 11.4 Å². The Kier molecular flexibility index (Phi) is 5.71. The standard InChI is InChI=1S/C17H18ClNOS/c1-12-7-9-14(10-8-12)11-19-17(20)13(2)21-16-6-4-3-5-15(16)18/h3-10,13H,11H2,1-2H3,(H,19,20)/t13-/m1/s1. The van der Waals surface area contributed by atoms with Crippen LogP contribution in [0.5, 0.6) is 0 Å². The molecule has 0 heterocycles. The van der Waals surface area contributed by atoms with Crippen LogP contribution in [0.2, 0.25) is 5.02 Å². The quantitative estimate of drug-likeness (QED) is 0.825. The molecular formula is C17H18ClNOS. The summed E-state index contributed by atoms with van der Waals surface area (Å²) in [7, 11) is 0. The third-order valence-electron chi connectivity index (χ3n) is 3.10. The van der Waals surface area contributed by atoms with Gasteiger partial charge in [0.05, 0.1) is 10.3 Å². The highest BCUT2D eigenvalue weighted by molar-refractivity contribution is 8.00. The van der Waals surface area contributed by atoms with Gasteiger partial charge in [-0.25, -0.2) is 0 Å². The maximum Gasteiger partial charge on any atom is 0.233 e. The zero-order chi connectivity index (χ0) is 15.2. The van der Waals surface area contributed by atoms with Crippen molar-refractivity contribution in [2.45, 2.75) is 30.5 Å². The summed E-state index contributed by atoms with van der Waals surface area (Å²) in [5.41, 5.74) is 2.32. The molecule has 0 aliphatic heterocycles. The second-order valence-corrected chi connectivity index (χ2v) is 6.68. The molecule has 0 unspecified atom stereocenters. The Morgan fingerprint density at radius 3 is 2.52 bits per heavy atom. The number of aryl methyl sites for hydroxylation is 1. The van der Waals surface area contributed by atoms with Gasteiger partial charge in [-0.2, -0.15) is 0 Å². The van der Waals surface area contributed by atoms with Crippen LogP contribution in [-0.2, 0) is 11.3 Å². The monoisotopic (exact) mass is 319 g/mol. The molecule has 0 aliphatic rings. The second-order valence-electron chi connectivity index (χ2n) is 4.89. The fraction of sp³-hybridized carbons (Fsp3) is 0.235. The van der Waals surface area contributed by atoms with Crippen LogP contribution < -0.4 is 5.32 Å². The van der Waals surface area contributed by atoms with Crippen LogP contribution in [0.15, 0.2) is 53.4 Å². The number of rotatable bonds is 5. The minimum absolute atomic E-state index is 0.0143. The van der Waals surface area contributed by atoms with Crippen LogP contribution in [-0.4, -0.2) is 11.2 Å². The molecule has 2 aromatic carbocycles. The first-order valence-corrected chi connectivity index (χ1v) is 8.06. The molecule has 2 nitrogen and oxygen atoms in total. The summed E-state index contributed by atoms with van der Waals surface area (Å²) in [6.07, 6.45) is 0. The van der Waals surface area contributed by atoms with E-state index in [0.29, 0.717) is 11.6 Å². The number of nitrogens with one attached hydrogen (secondary N) is 1. The summed E-state index contributed by atoms with van der Waals surface area (Å²) >= 11 is 7.58. The Morgan fingerprint density at radius 1 is 1.19 bits per heavy atom. The molecule has 0 fully saturated rings. The van der Waals surface area contributed by atoms with E-state index in [0.717, 1.165) is 10.5 Å². The Morgan fingerprint density at radius 2 is 1.86 bits per heavy atom. The molecule has 0 saturated carbocycles. The highest BCUT2D eigenvalue weighted by Gasteiger charge is 2.15. The lowest BCUT2D eigenvalue weighted by Gasteiger charge is -2.13. The largest absolute Gasteiger partial charge is 0.351 e. The topological polar surface area (TPSA) is 29.1 Å². The van der Waals surface area contributed by atoms with E-state index in [2.05, 4.69) is 5.32 Å². The fourth-order valence-corrected chi connectivity index (χ4v) is 3.00. The lowest BCUT2D eigenvalue weighted by atomic mass is 10.1. The summed E-state index contributed by atoms with van der Waals surface area (Å²) < 4.78 is 0. The first-order chi connectivity index (χ1) is 10.1. The van der Waals surface area contributed by atoms with E-state index in [4.69, 9.17) is 11.6 Å². The molecule has 2 rings (SSSR count). The van der Waals surface area contributed by atoms with Crippen molar-refractivity contribution in [3.63, 3.8) is 0 Å². The van der Waals surface area contributed by atoms with Crippen LogP contribution in [0, 0.1) is 6.92 Å². The van der Waals surface area contributed by atoms with Crippen LogP contribution in [0.25, 0.3) is 0 Å². The van der Waals surface area contributed by atoms with Crippen molar-refractivity contribution in [3.05, 3.63) is 64.7 Å². The number of thioether (sulfide) groups is 1. The third-order valence-corrected chi connectivity index (χ3v) is 4.72. The molecule has 0 spiro atoms. The summed E-state index contributed by atoms with van der Waals surface area (Å²) in [5.74, 6) is 0.0143. The summed E-state index contributed by atoms with van der Waals surface area (Å²) in [6, 6.07) is 15.7. The molecule has 21 heavy (non-hydrogen) atoms. The van der Waals surface area contributed by atoms with Crippen molar-refractivity contribution in [2.24, 2.45) is 0 Å². The van der Waals surface area contributed by atoms with Crippen molar-refractivity contribution in [1.82, 2.24) is 5.32 Å². The molecule has 0 saturated heterocycles. The average Bonchev–Trinajstić information content (AvgIpc) is 2.48. The van der Waals surface area contributed by atoms with Gasteiger partial charge in [-0.05, 0) is 31.5 Å². The predicted molar refractivity (Wildman–Crippen MR) is 89.8 cm³/mol. The zero-order valence-corrected chi connectivity index (χ0v) is 13.7. The van der Waals surface area contributed by atoms with Crippen molar-refractivity contribution in [3.8, 4) is 0 Å². The molecule has 2 aromatic rings. The van der Waals surface area contributed by atoms with E-state index in [1.807, 2.05) is 62.4 Å². The van der Waals surface area contributed by atoms with Gasteiger partial charge >= 0.3 is 0 Å². The van der Waals surface area contributed by atoms with Crippen LogP contribution in [0.3, 0.4) is 0 Å². The molecule has 0 bridgehead atoms. The first kappa shape index (κ1) is 15.9. The number of carbonyl (C=O) groups is 1. The lowest BCUT2D eigenvalue weighted by Crippen LogP contribution is -2.30. The van der Waals surface area contributed by atoms with E-state index in [1.165, 1.54) is 17.3 Å². The number of carbonyl (C=O) groups excluding carboxylic acids is 1. The third kappa shape index (κ3) is 4.80. The number of hydrogen-bond donors (Lipinski definition) is 1. The lowest BCUT2D eigenvalue weighted by molar-refractivity contribution is -0.120. The van der Waals surface area contributed by atoms with E-state index in [9.17, 15) is 4.79 Å².